The van der Waals surface area contributed by atoms with Gasteiger partial charge in [-0.2, -0.15) is 0 Å². The quantitative estimate of drug-likeness (QED) is 0.659. The summed E-state index contributed by atoms with van der Waals surface area (Å²) < 4.78 is 5.81. The molecule has 2 aliphatic heterocycles. The van der Waals surface area contributed by atoms with E-state index in [1.54, 1.807) is 4.90 Å². The van der Waals surface area contributed by atoms with E-state index in [9.17, 15) is 9.59 Å². The molecule has 1 atom stereocenters. The number of halogens is 2. The zero-order valence-electron chi connectivity index (χ0n) is 17.1. The third-order valence-corrected chi connectivity index (χ3v) is 6.58. The van der Waals surface area contributed by atoms with E-state index < -0.39 is 0 Å². The molecule has 1 aromatic carbocycles. The predicted molar refractivity (Wildman–Crippen MR) is 118 cm³/mol. The molecule has 2 heterocycles. The van der Waals surface area contributed by atoms with Crippen molar-refractivity contribution in [1.82, 2.24) is 15.1 Å². The minimum atomic E-state index is -0.355. The van der Waals surface area contributed by atoms with Crippen molar-refractivity contribution in [2.24, 2.45) is 11.7 Å². The molecular weight excluding hydrogens is 427 g/mol. The molecule has 0 spiro atoms. The third kappa shape index (κ3) is 7.01. The smallest absolute Gasteiger partial charge is 0.314 e. The predicted octanol–water partition coefficient (Wildman–Crippen LogP) is 2.88. The molecule has 30 heavy (non-hydrogen) atoms. The number of carbonyl (C=O) groups excluding carboxylic acids is 2. The van der Waals surface area contributed by atoms with Gasteiger partial charge in [-0.3, -0.25) is 9.69 Å². The maximum Gasteiger partial charge on any atom is 0.314 e. The van der Waals surface area contributed by atoms with Gasteiger partial charge in [-0.25, -0.2) is 4.79 Å². The summed E-state index contributed by atoms with van der Waals surface area (Å²) in [5, 5.41) is 4.12. The van der Waals surface area contributed by atoms with Gasteiger partial charge in [0.15, 0.2) is 0 Å². The van der Waals surface area contributed by atoms with Gasteiger partial charge in [0.05, 0.1) is 22.8 Å². The Balaban J connectivity index is 1.34. The lowest BCUT2D eigenvalue weighted by Crippen LogP contribution is -2.47. The van der Waals surface area contributed by atoms with Crippen LogP contribution in [0.25, 0.3) is 0 Å². The SMILES string of the molecule is NC(=O)N1CCC(CCC(=O)NC[C@H]2CN(Cc3ccc(Cl)c(Cl)c3)CCO2)CC1. The number of morpholine rings is 1. The van der Waals surface area contributed by atoms with Gasteiger partial charge in [0.2, 0.25) is 5.91 Å². The molecule has 0 bridgehead atoms. The Morgan fingerprint density at radius 2 is 1.93 bits per heavy atom. The van der Waals surface area contributed by atoms with Crippen molar-refractivity contribution in [3.8, 4) is 0 Å². The number of benzene rings is 1. The highest BCUT2D eigenvalue weighted by Gasteiger charge is 2.23. The monoisotopic (exact) mass is 456 g/mol. The second-order valence-corrected chi connectivity index (χ2v) is 8.90. The lowest BCUT2D eigenvalue weighted by Gasteiger charge is -2.33. The van der Waals surface area contributed by atoms with Crippen LogP contribution in [0.1, 0.15) is 31.2 Å². The summed E-state index contributed by atoms with van der Waals surface area (Å²) in [6, 6.07) is 5.33. The van der Waals surface area contributed by atoms with E-state index in [0.717, 1.165) is 44.5 Å². The first-order chi connectivity index (χ1) is 14.4. The van der Waals surface area contributed by atoms with Crippen molar-refractivity contribution < 1.29 is 14.3 Å². The van der Waals surface area contributed by atoms with E-state index in [1.807, 2.05) is 18.2 Å². The van der Waals surface area contributed by atoms with Crippen LogP contribution >= 0.6 is 23.2 Å². The van der Waals surface area contributed by atoms with E-state index in [-0.39, 0.29) is 18.0 Å². The van der Waals surface area contributed by atoms with Gasteiger partial charge in [-0.1, -0.05) is 29.3 Å². The average molecular weight is 457 g/mol. The number of piperidine rings is 1. The van der Waals surface area contributed by atoms with Gasteiger partial charge < -0.3 is 20.7 Å². The molecule has 1 aromatic rings. The molecule has 3 amide bonds. The molecule has 9 heteroatoms. The van der Waals surface area contributed by atoms with Gasteiger partial charge >= 0.3 is 6.03 Å². The second kappa shape index (κ2) is 11.2. The molecule has 3 rings (SSSR count). The van der Waals surface area contributed by atoms with Crippen molar-refractivity contribution in [1.29, 1.82) is 0 Å². The van der Waals surface area contributed by atoms with Crippen molar-refractivity contribution >= 4 is 35.1 Å². The molecule has 0 aliphatic carbocycles. The number of hydrogen-bond donors (Lipinski definition) is 2. The van der Waals surface area contributed by atoms with Crippen molar-refractivity contribution in [2.45, 2.75) is 38.3 Å². The Labute approximate surface area is 187 Å². The summed E-state index contributed by atoms with van der Waals surface area (Å²) in [5.74, 6) is 0.525. The summed E-state index contributed by atoms with van der Waals surface area (Å²) in [5.41, 5.74) is 6.41. The van der Waals surface area contributed by atoms with Gasteiger partial charge in [0, 0.05) is 45.7 Å². The standard InChI is InChI=1S/C21H30Cl2N4O3/c22-18-3-1-16(11-19(18)23)13-26-9-10-30-17(14-26)12-25-20(28)4-2-15-5-7-27(8-6-15)21(24)29/h1,3,11,15,17H,2,4-10,12-14H2,(H2,24,29)(H,25,28)/t17-/m0/s1. The molecule has 3 N–H and O–H groups in total. The highest BCUT2D eigenvalue weighted by molar-refractivity contribution is 6.42. The summed E-state index contributed by atoms with van der Waals surface area (Å²) in [6.45, 7) is 4.89. The molecule has 2 aliphatic rings. The molecule has 7 nitrogen and oxygen atoms in total. The van der Waals surface area contributed by atoms with E-state index in [1.165, 1.54) is 0 Å². The average Bonchev–Trinajstić information content (AvgIpc) is 2.74. The van der Waals surface area contributed by atoms with Crippen molar-refractivity contribution in [3.63, 3.8) is 0 Å². The number of nitrogens with one attached hydrogen (secondary N) is 1. The Hall–Kier alpha value is -1.54. The fourth-order valence-corrected chi connectivity index (χ4v) is 4.36. The van der Waals surface area contributed by atoms with Crippen LogP contribution in [-0.2, 0) is 16.1 Å². The molecule has 2 saturated heterocycles. The Morgan fingerprint density at radius 1 is 1.17 bits per heavy atom. The molecule has 0 aromatic heterocycles. The maximum absolute atomic E-state index is 12.3. The molecular formula is C21H30Cl2N4O3. The summed E-state index contributed by atoms with van der Waals surface area (Å²) >= 11 is 12.1. The van der Waals surface area contributed by atoms with Crippen LogP contribution in [0.5, 0.6) is 0 Å². The van der Waals surface area contributed by atoms with Crippen LogP contribution in [0.3, 0.4) is 0 Å². The van der Waals surface area contributed by atoms with Crippen LogP contribution in [-0.4, -0.2) is 67.2 Å². The number of ether oxygens (including phenoxy) is 1. The number of likely N-dealkylation sites (tertiary alicyclic amines) is 1. The minimum Gasteiger partial charge on any atom is -0.374 e. The number of hydrogen-bond acceptors (Lipinski definition) is 4. The zero-order valence-corrected chi connectivity index (χ0v) is 18.6. The Bertz CT molecular complexity index is 741. The fraction of sp³-hybridized carbons (Fsp3) is 0.619. The second-order valence-electron chi connectivity index (χ2n) is 8.09. The summed E-state index contributed by atoms with van der Waals surface area (Å²) in [6.07, 6.45) is 3.13. The largest absolute Gasteiger partial charge is 0.374 e. The van der Waals surface area contributed by atoms with Crippen LogP contribution in [0, 0.1) is 5.92 Å². The molecule has 166 valence electrons. The van der Waals surface area contributed by atoms with Gasteiger partial charge in [0.25, 0.3) is 0 Å². The highest BCUT2D eigenvalue weighted by atomic mass is 35.5. The Kier molecular flexibility index (Phi) is 8.62. The normalized spacial score (nSPS) is 20.9. The number of carbonyl (C=O) groups is 2. The first-order valence-corrected chi connectivity index (χ1v) is 11.2. The van der Waals surface area contributed by atoms with E-state index in [2.05, 4.69) is 10.2 Å². The van der Waals surface area contributed by atoms with E-state index in [0.29, 0.717) is 48.6 Å². The van der Waals surface area contributed by atoms with E-state index in [4.69, 9.17) is 33.7 Å². The summed E-state index contributed by atoms with van der Waals surface area (Å²) in [7, 11) is 0. The number of nitrogens with two attached hydrogens (primary N) is 1. The Morgan fingerprint density at radius 3 is 2.63 bits per heavy atom. The minimum absolute atomic E-state index is 0.0238. The van der Waals surface area contributed by atoms with Crippen LogP contribution in [0.4, 0.5) is 4.79 Å². The highest BCUT2D eigenvalue weighted by Crippen LogP contribution is 2.24. The van der Waals surface area contributed by atoms with Crippen LogP contribution in [0.15, 0.2) is 18.2 Å². The summed E-state index contributed by atoms with van der Waals surface area (Å²) in [4.78, 5) is 27.4. The maximum atomic E-state index is 12.3. The van der Waals surface area contributed by atoms with Gasteiger partial charge in [-0.05, 0) is 42.9 Å². The van der Waals surface area contributed by atoms with Gasteiger partial charge in [0.1, 0.15) is 0 Å². The molecule has 0 unspecified atom stereocenters. The van der Waals surface area contributed by atoms with E-state index >= 15 is 0 Å². The molecule has 0 radical (unpaired) electrons. The van der Waals surface area contributed by atoms with Crippen molar-refractivity contribution in [2.75, 3.05) is 39.3 Å². The first-order valence-electron chi connectivity index (χ1n) is 10.5. The number of amides is 3. The number of rotatable bonds is 7. The first kappa shape index (κ1) is 23.1. The lowest BCUT2D eigenvalue weighted by molar-refractivity contribution is -0.122. The molecule has 0 saturated carbocycles. The number of urea groups is 1. The third-order valence-electron chi connectivity index (χ3n) is 5.85. The lowest BCUT2D eigenvalue weighted by atomic mass is 9.92. The number of primary amides is 1. The van der Waals surface area contributed by atoms with Crippen LogP contribution in [0.2, 0.25) is 10.0 Å². The van der Waals surface area contributed by atoms with Gasteiger partial charge in [-0.15, -0.1) is 0 Å². The van der Waals surface area contributed by atoms with Crippen LogP contribution < -0.4 is 11.1 Å². The topological polar surface area (TPSA) is 87.9 Å². The number of nitrogens with zero attached hydrogens (tertiary/aromatic N) is 2. The zero-order chi connectivity index (χ0) is 21.5. The fourth-order valence-electron chi connectivity index (χ4n) is 4.04. The van der Waals surface area contributed by atoms with Crippen molar-refractivity contribution in [3.05, 3.63) is 33.8 Å². The molecule has 2 fully saturated rings.